The molecule has 1 fully saturated rings. The fourth-order valence-corrected chi connectivity index (χ4v) is 3.22. The van der Waals surface area contributed by atoms with E-state index < -0.39 is 0 Å². The molecule has 0 aliphatic carbocycles. The lowest BCUT2D eigenvalue weighted by molar-refractivity contribution is 0.101. The number of ether oxygens (including phenoxy) is 1. The molecule has 3 heteroatoms. The van der Waals surface area contributed by atoms with Crippen molar-refractivity contribution in [3.8, 4) is 0 Å². The van der Waals surface area contributed by atoms with Gasteiger partial charge < -0.3 is 10.1 Å². The first-order chi connectivity index (χ1) is 9.72. The summed E-state index contributed by atoms with van der Waals surface area (Å²) in [6.07, 6.45) is 6.50. The Morgan fingerprint density at radius 3 is 3.00 bits per heavy atom. The summed E-state index contributed by atoms with van der Waals surface area (Å²) >= 11 is 6.25. The average molecular weight is 296 g/mol. The molecule has 20 heavy (non-hydrogen) atoms. The Bertz CT molecular complexity index is 415. The van der Waals surface area contributed by atoms with E-state index in [1.54, 1.807) is 0 Å². The van der Waals surface area contributed by atoms with E-state index in [1.807, 2.05) is 6.07 Å². The Balaban J connectivity index is 1.93. The quantitative estimate of drug-likeness (QED) is 0.790. The van der Waals surface area contributed by atoms with Gasteiger partial charge in [0.05, 0.1) is 6.10 Å². The van der Waals surface area contributed by atoms with Crippen molar-refractivity contribution in [2.24, 2.45) is 0 Å². The van der Waals surface area contributed by atoms with E-state index in [2.05, 4.69) is 31.3 Å². The van der Waals surface area contributed by atoms with Gasteiger partial charge in [-0.05, 0) is 62.8 Å². The lowest BCUT2D eigenvalue weighted by Crippen LogP contribution is -2.22. The highest BCUT2D eigenvalue weighted by Gasteiger charge is 2.18. The molecule has 2 unspecified atom stereocenters. The topological polar surface area (TPSA) is 21.3 Å². The normalized spacial score (nSPS) is 20.2. The fourth-order valence-electron chi connectivity index (χ4n) is 3.04. The van der Waals surface area contributed by atoms with Gasteiger partial charge in [-0.25, -0.2) is 0 Å². The standard InChI is InChI=1S/C17H26ClNO/c1-3-19-17(11-4-7-14-8-6-12-20-14)15-9-5-10-16(18)13(15)2/h5,9-10,14,17,19H,3-4,6-8,11-12H2,1-2H3. The first-order valence-electron chi connectivity index (χ1n) is 7.82. The molecule has 0 radical (unpaired) electrons. The van der Waals surface area contributed by atoms with Crippen LogP contribution in [0.5, 0.6) is 0 Å². The summed E-state index contributed by atoms with van der Waals surface area (Å²) in [7, 11) is 0. The van der Waals surface area contributed by atoms with E-state index in [9.17, 15) is 0 Å². The van der Waals surface area contributed by atoms with Crippen molar-refractivity contribution < 1.29 is 4.74 Å². The van der Waals surface area contributed by atoms with E-state index in [0.717, 1.165) is 24.6 Å². The lowest BCUT2D eigenvalue weighted by atomic mass is 9.95. The summed E-state index contributed by atoms with van der Waals surface area (Å²) in [5.74, 6) is 0. The summed E-state index contributed by atoms with van der Waals surface area (Å²) < 4.78 is 5.70. The van der Waals surface area contributed by atoms with Crippen molar-refractivity contribution in [3.05, 3.63) is 34.3 Å². The monoisotopic (exact) mass is 295 g/mol. The van der Waals surface area contributed by atoms with Crippen molar-refractivity contribution in [2.45, 2.75) is 58.1 Å². The first-order valence-corrected chi connectivity index (χ1v) is 8.20. The SMILES string of the molecule is CCNC(CCCC1CCCO1)c1cccc(Cl)c1C. The molecule has 2 atom stereocenters. The third kappa shape index (κ3) is 4.21. The maximum absolute atomic E-state index is 6.25. The minimum absolute atomic E-state index is 0.403. The van der Waals surface area contributed by atoms with Crippen molar-refractivity contribution in [2.75, 3.05) is 13.2 Å². The molecule has 2 nitrogen and oxygen atoms in total. The third-order valence-corrected chi connectivity index (χ3v) is 4.59. The van der Waals surface area contributed by atoms with Gasteiger partial charge >= 0.3 is 0 Å². The molecule has 0 amide bonds. The minimum Gasteiger partial charge on any atom is -0.378 e. The van der Waals surface area contributed by atoms with Crippen LogP contribution in [0.3, 0.4) is 0 Å². The number of hydrogen-bond donors (Lipinski definition) is 1. The van der Waals surface area contributed by atoms with E-state index in [4.69, 9.17) is 16.3 Å². The van der Waals surface area contributed by atoms with Gasteiger partial charge in [0.1, 0.15) is 0 Å². The summed E-state index contributed by atoms with van der Waals surface area (Å²) in [6, 6.07) is 6.62. The molecule has 1 saturated heterocycles. The minimum atomic E-state index is 0.403. The van der Waals surface area contributed by atoms with Gasteiger partial charge in [-0.15, -0.1) is 0 Å². The van der Waals surface area contributed by atoms with Gasteiger partial charge in [0.2, 0.25) is 0 Å². The number of hydrogen-bond acceptors (Lipinski definition) is 2. The molecule has 1 aliphatic heterocycles. The number of halogens is 1. The molecule has 0 saturated carbocycles. The van der Waals surface area contributed by atoms with Gasteiger partial charge in [-0.1, -0.05) is 30.7 Å². The van der Waals surface area contributed by atoms with Gasteiger partial charge in [-0.2, -0.15) is 0 Å². The van der Waals surface area contributed by atoms with E-state index in [1.165, 1.54) is 36.8 Å². The summed E-state index contributed by atoms with van der Waals surface area (Å²) in [5, 5.41) is 4.46. The predicted octanol–water partition coefficient (Wildman–Crippen LogP) is 4.65. The number of nitrogens with one attached hydrogen (secondary N) is 1. The largest absolute Gasteiger partial charge is 0.378 e. The molecule has 1 aromatic carbocycles. The molecule has 1 aliphatic rings. The summed E-state index contributed by atoms with van der Waals surface area (Å²) in [4.78, 5) is 0. The van der Waals surface area contributed by atoms with Crippen LogP contribution in [0.15, 0.2) is 18.2 Å². The van der Waals surface area contributed by atoms with Crippen LogP contribution in [-0.2, 0) is 4.74 Å². The van der Waals surface area contributed by atoms with Crippen LogP contribution in [0.4, 0.5) is 0 Å². The smallest absolute Gasteiger partial charge is 0.0576 e. The molecule has 0 spiro atoms. The molecule has 112 valence electrons. The molecular weight excluding hydrogens is 270 g/mol. The molecule has 0 bridgehead atoms. The molecule has 0 aromatic heterocycles. The first kappa shape index (κ1) is 15.8. The third-order valence-electron chi connectivity index (χ3n) is 4.18. The van der Waals surface area contributed by atoms with Gasteiger partial charge in [0, 0.05) is 17.7 Å². The zero-order valence-corrected chi connectivity index (χ0v) is 13.4. The van der Waals surface area contributed by atoms with Crippen LogP contribution in [0.25, 0.3) is 0 Å². The highest BCUT2D eigenvalue weighted by atomic mass is 35.5. The molecule has 1 aromatic rings. The fraction of sp³-hybridized carbons (Fsp3) is 0.647. The molecule has 1 heterocycles. The number of rotatable bonds is 7. The van der Waals surface area contributed by atoms with Gasteiger partial charge in [0.15, 0.2) is 0 Å². The van der Waals surface area contributed by atoms with Crippen LogP contribution in [0, 0.1) is 6.92 Å². The van der Waals surface area contributed by atoms with Crippen LogP contribution >= 0.6 is 11.6 Å². The summed E-state index contributed by atoms with van der Waals surface area (Å²) in [5.41, 5.74) is 2.55. The van der Waals surface area contributed by atoms with E-state index in [0.29, 0.717) is 12.1 Å². The Labute approximate surface area is 127 Å². The van der Waals surface area contributed by atoms with Crippen LogP contribution in [0.2, 0.25) is 5.02 Å². The second-order valence-corrected chi connectivity index (χ2v) is 6.04. The highest BCUT2D eigenvalue weighted by Crippen LogP contribution is 2.28. The maximum Gasteiger partial charge on any atom is 0.0576 e. The molecule has 1 N–H and O–H groups in total. The second-order valence-electron chi connectivity index (χ2n) is 5.63. The van der Waals surface area contributed by atoms with E-state index in [-0.39, 0.29) is 0 Å². The summed E-state index contributed by atoms with van der Waals surface area (Å²) in [6.45, 7) is 6.21. The van der Waals surface area contributed by atoms with Crippen LogP contribution in [0.1, 0.15) is 56.2 Å². The van der Waals surface area contributed by atoms with Crippen LogP contribution < -0.4 is 5.32 Å². The van der Waals surface area contributed by atoms with Gasteiger partial charge in [-0.3, -0.25) is 0 Å². The van der Waals surface area contributed by atoms with Crippen molar-refractivity contribution in [3.63, 3.8) is 0 Å². The Kier molecular flexibility index (Phi) is 6.34. The second kappa shape index (κ2) is 8.02. The van der Waals surface area contributed by atoms with Gasteiger partial charge in [0.25, 0.3) is 0 Å². The van der Waals surface area contributed by atoms with E-state index >= 15 is 0 Å². The lowest BCUT2D eigenvalue weighted by Gasteiger charge is -2.21. The Morgan fingerprint density at radius 2 is 2.30 bits per heavy atom. The number of benzene rings is 1. The average Bonchev–Trinajstić information content (AvgIpc) is 2.94. The van der Waals surface area contributed by atoms with Crippen molar-refractivity contribution in [1.82, 2.24) is 5.32 Å². The Hall–Kier alpha value is -0.570. The van der Waals surface area contributed by atoms with Crippen molar-refractivity contribution >= 4 is 11.6 Å². The Morgan fingerprint density at radius 1 is 1.45 bits per heavy atom. The highest BCUT2D eigenvalue weighted by molar-refractivity contribution is 6.31. The zero-order chi connectivity index (χ0) is 14.4. The molecule has 2 rings (SSSR count). The maximum atomic E-state index is 6.25. The molecular formula is C17H26ClNO. The zero-order valence-electron chi connectivity index (χ0n) is 12.6. The van der Waals surface area contributed by atoms with Crippen molar-refractivity contribution in [1.29, 1.82) is 0 Å². The van der Waals surface area contributed by atoms with Crippen LogP contribution in [-0.4, -0.2) is 19.3 Å². The predicted molar refractivity (Wildman–Crippen MR) is 85.4 cm³/mol.